The summed E-state index contributed by atoms with van der Waals surface area (Å²) in [5, 5.41) is 3.68. The minimum absolute atomic E-state index is 0.374. The van der Waals surface area contributed by atoms with Crippen LogP contribution in [0.1, 0.15) is 37.8 Å². The van der Waals surface area contributed by atoms with Gasteiger partial charge in [-0.15, -0.1) is 0 Å². The highest BCUT2D eigenvalue weighted by atomic mass is 16.6. The van der Waals surface area contributed by atoms with Crippen molar-refractivity contribution in [1.82, 2.24) is 10.2 Å². The minimum atomic E-state index is 0.374. The molecule has 21 heavy (non-hydrogen) atoms. The summed E-state index contributed by atoms with van der Waals surface area (Å²) in [7, 11) is 0. The third-order valence-electron chi connectivity index (χ3n) is 4.25. The van der Waals surface area contributed by atoms with E-state index in [0.717, 1.165) is 31.0 Å². The topological polar surface area (TPSA) is 33.7 Å². The first-order valence-electron chi connectivity index (χ1n) is 8.22. The Morgan fingerprint density at radius 3 is 2.67 bits per heavy atom. The Morgan fingerprint density at radius 1 is 1.14 bits per heavy atom. The molecule has 1 aromatic carbocycles. The number of ether oxygens (including phenoxy) is 2. The van der Waals surface area contributed by atoms with Crippen molar-refractivity contribution in [3.05, 3.63) is 23.8 Å². The van der Waals surface area contributed by atoms with E-state index in [2.05, 4.69) is 35.3 Å². The largest absolute Gasteiger partial charge is 0.486 e. The molecule has 4 heteroatoms. The summed E-state index contributed by atoms with van der Waals surface area (Å²) in [5.74, 6) is 1.77. The molecular weight excluding hydrogens is 264 g/mol. The van der Waals surface area contributed by atoms with Gasteiger partial charge in [0, 0.05) is 12.6 Å². The summed E-state index contributed by atoms with van der Waals surface area (Å²) < 4.78 is 11.3. The molecule has 1 fully saturated rings. The molecule has 0 bridgehead atoms. The van der Waals surface area contributed by atoms with Gasteiger partial charge in [-0.25, -0.2) is 0 Å². The van der Waals surface area contributed by atoms with Gasteiger partial charge in [-0.05, 0) is 56.6 Å². The first-order chi connectivity index (χ1) is 10.4. The molecule has 2 aliphatic rings. The van der Waals surface area contributed by atoms with Crippen LogP contribution in [0.25, 0.3) is 0 Å². The molecule has 0 amide bonds. The fourth-order valence-electron chi connectivity index (χ4n) is 3.11. The predicted octanol–water partition coefficient (Wildman–Crippen LogP) is 2.59. The van der Waals surface area contributed by atoms with Gasteiger partial charge in [-0.2, -0.15) is 0 Å². The Bertz CT molecular complexity index is 458. The second-order valence-electron chi connectivity index (χ2n) is 5.92. The van der Waals surface area contributed by atoms with Gasteiger partial charge in [0.2, 0.25) is 0 Å². The molecule has 3 rings (SSSR count). The number of hydrogen-bond donors (Lipinski definition) is 1. The standard InChI is InChI=1S/C17H26N2O2/c1-2-7-18-15(13-19-8-3-4-9-19)14-5-6-16-17(12-14)21-11-10-20-16/h5-6,12,15,18H,2-4,7-11,13H2,1H3. The number of rotatable bonds is 6. The van der Waals surface area contributed by atoms with Crippen LogP contribution in [0, 0.1) is 0 Å². The van der Waals surface area contributed by atoms with E-state index in [1.165, 1.54) is 31.5 Å². The van der Waals surface area contributed by atoms with Gasteiger partial charge in [-0.1, -0.05) is 13.0 Å². The molecular formula is C17H26N2O2. The number of nitrogens with one attached hydrogen (secondary N) is 1. The number of nitrogens with zero attached hydrogens (tertiary/aromatic N) is 1. The van der Waals surface area contributed by atoms with Crippen molar-refractivity contribution < 1.29 is 9.47 Å². The average Bonchev–Trinajstić information content (AvgIpc) is 3.04. The summed E-state index contributed by atoms with van der Waals surface area (Å²) >= 11 is 0. The average molecular weight is 290 g/mol. The van der Waals surface area contributed by atoms with Gasteiger partial charge in [-0.3, -0.25) is 0 Å². The van der Waals surface area contributed by atoms with Gasteiger partial charge < -0.3 is 19.7 Å². The normalized spacial score (nSPS) is 19.7. The molecule has 0 aliphatic carbocycles. The predicted molar refractivity (Wildman–Crippen MR) is 84.1 cm³/mol. The Kier molecular flexibility index (Phi) is 4.99. The van der Waals surface area contributed by atoms with E-state index in [1.54, 1.807) is 0 Å². The maximum Gasteiger partial charge on any atom is 0.161 e. The highest BCUT2D eigenvalue weighted by molar-refractivity contribution is 5.44. The van der Waals surface area contributed by atoms with Gasteiger partial charge in [0.05, 0.1) is 0 Å². The molecule has 4 nitrogen and oxygen atoms in total. The van der Waals surface area contributed by atoms with Crippen molar-refractivity contribution in [3.63, 3.8) is 0 Å². The molecule has 1 aromatic rings. The third kappa shape index (κ3) is 3.69. The van der Waals surface area contributed by atoms with Crippen LogP contribution >= 0.6 is 0 Å². The minimum Gasteiger partial charge on any atom is -0.486 e. The van der Waals surface area contributed by atoms with Gasteiger partial charge in [0.1, 0.15) is 13.2 Å². The maximum atomic E-state index is 5.72. The van der Waals surface area contributed by atoms with Crippen LogP contribution in [0.4, 0.5) is 0 Å². The van der Waals surface area contributed by atoms with Crippen molar-refractivity contribution in [1.29, 1.82) is 0 Å². The summed E-state index contributed by atoms with van der Waals surface area (Å²) in [6.45, 7) is 8.10. The van der Waals surface area contributed by atoms with E-state index in [4.69, 9.17) is 9.47 Å². The van der Waals surface area contributed by atoms with E-state index < -0.39 is 0 Å². The lowest BCUT2D eigenvalue weighted by atomic mass is 10.0. The SMILES string of the molecule is CCCNC(CN1CCCC1)c1ccc2c(c1)OCCO2. The van der Waals surface area contributed by atoms with E-state index in [1.807, 2.05) is 0 Å². The Hall–Kier alpha value is -1.26. The Morgan fingerprint density at radius 2 is 1.90 bits per heavy atom. The zero-order chi connectivity index (χ0) is 14.5. The zero-order valence-electron chi connectivity index (χ0n) is 12.9. The van der Waals surface area contributed by atoms with E-state index in [-0.39, 0.29) is 0 Å². The van der Waals surface area contributed by atoms with Crippen LogP contribution in [-0.4, -0.2) is 44.3 Å². The second-order valence-corrected chi connectivity index (χ2v) is 5.92. The number of hydrogen-bond acceptors (Lipinski definition) is 4. The zero-order valence-corrected chi connectivity index (χ0v) is 12.9. The Labute approximate surface area is 127 Å². The molecule has 2 heterocycles. The quantitative estimate of drug-likeness (QED) is 0.873. The molecule has 0 spiro atoms. The number of fused-ring (bicyclic) bond motifs is 1. The van der Waals surface area contributed by atoms with Crippen LogP contribution in [0.15, 0.2) is 18.2 Å². The van der Waals surface area contributed by atoms with Crippen LogP contribution in [0.2, 0.25) is 0 Å². The van der Waals surface area contributed by atoms with Crippen molar-refractivity contribution in [2.75, 3.05) is 39.4 Å². The molecule has 1 atom stereocenters. The summed E-state index contributed by atoms with van der Waals surface area (Å²) in [5.41, 5.74) is 1.31. The second kappa shape index (κ2) is 7.14. The summed E-state index contributed by atoms with van der Waals surface area (Å²) in [6.07, 6.45) is 3.82. The maximum absolute atomic E-state index is 5.72. The van der Waals surface area contributed by atoms with Crippen LogP contribution < -0.4 is 14.8 Å². The first kappa shape index (κ1) is 14.7. The van der Waals surface area contributed by atoms with E-state index in [0.29, 0.717) is 19.3 Å². The van der Waals surface area contributed by atoms with Crippen LogP contribution in [0.3, 0.4) is 0 Å². The van der Waals surface area contributed by atoms with Crippen LogP contribution in [-0.2, 0) is 0 Å². The molecule has 1 saturated heterocycles. The van der Waals surface area contributed by atoms with Crippen molar-refractivity contribution in [2.24, 2.45) is 0 Å². The Balaban J connectivity index is 1.74. The van der Waals surface area contributed by atoms with Crippen molar-refractivity contribution >= 4 is 0 Å². The number of benzene rings is 1. The monoisotopic (exact) mass is 290 g/mol. The van der Waals surface area contributed by atoms with Gasteiger partial charge >= 0.3 is 0 Å². The van der Waals surface area contributed by atoms with Gasteiger partial charge in [0.25, 0.3) is 0 Å². The number of likely N-dealkylation sites (tertiary alicyclic amines) is 1. The molecule has 1 unspecified atom stereocenters. The van der Waals surface area contributed by atoms with E-state index in [9.17, 15) is 0 Å². The molecule has 0 radical (unpaired) electrons. The lowest BCUT2D eigenvalue weighted by Crippen LogP contribution is -2.34. The smallest absolute Gasteiger partial charge is 0.161 e. The van der Waals surface area contributed by atoms with Crippen molar-refractivity contribution in [3.8, 4) is 11.5 Å². The highest BCUT2D eigenvalue weighted by Crippen LogP contribution is 2.33. The fraction of sp³-hybridized carbons (Fsp3) is 0.647. The van der Waals surface area contributed by atoms with Gasteiger partial charge in [0.15, 0.2) is 11.5 Å². The lowest BCUT2D eigenvalue weighted by molar-refractivity contribution is 0.171. The molecule has 0 aromatic heterocycles. The molecule has 0 saturated carbocycles. The summed E-state index contributed by atoms with van der Waals surface area (Å²) in [4.78, 5) is 2.56. The van der Waals surface area contributed by atoms with E-state index >= 15 is 0 Å². The highest BCUT2D eigenvalue weighted by Gasteiger charge is 2.20. The molecule has 116 valence electrons. The lowest BCUT2D eigenvalue weighted by Gasteiger charge is -2.26. The molecule has 1 N–H and O–H groups in total. The van der Waals surface area contributed by atoms with Crippen LogP contribution in [0.5, 0.6) is 11.5 Å². The molecule has 2 aliphatic heterocycles. The summed E-state index contributed by atoms with van der Waals surface area (Å²) in [6, 6.07) is 6.75. The first-order valence-corrected chi connectivity index (χ1v) is 8.22. The van der Waals surface area contributed by atoms with Crippen molar-refractivity contribution in [2.45, 2.75) is 32.2 Å². The fourth-order valence-corrected chi connectivity index (χ4v) is 3.11. The third-order valence-corrected chi connectivity index (χ3v) is 4.25.